The second-order valence-electron chi connectivity index (χ2n) is 6.79. The maximum atomic E-state index is 12.6. The Labute approximate surface area is 123 Å². The van der Waals surface area contributed by atoms with Crippen molar-refractivity contribution in [3.05, 3.63) is 0 Å². The molecule has 0 bridgehead atoms. The summed E-state index contributed by atoms with van der Waals surface area (Å²) in [5.41, 5.74) is -0.601. The SMILES string of the molecule is COC1(C(=O)NC2CCCC(C(C)C)C2)CCNCC1. The van der Waals surface area contributed by atoms with E-state index in [0.29, 0.717) is 12.0 Å². The fraction of sp³-hybridized carbons (Fsp3) is 0.938. The van der Waals surface area contributed by atoms with Gasteiger partial charge < -0.3 is 15.4 Å². The van der Waals surface area contributed by atoms with Crippen molar-refractivity contribution in [2.24, 2.45) is 11.8 Å². The molecule has 2 aliphatic rings. The molecular weight excluding hydrogens is 252 g/mol. The van der Waals surface area contributed by atoms with Crippen LogP contribution in [-0.2, 0) is 9.53 Å². The summed E-state index contributed by atoms with van der Waals surface area (Å²) in [6.45, 7) is 6.30. The van der Waals surface area contributed by atoms with Crippen LogP contribution in [0.2, 0.25) is 0 Å². The molecule has 2 rings (SSSR count). The average Bonchev–Trinajstić information content (AvgIpc) is 2.48. The largest absolute Gasteiger partial charge is 0.368 e. The minimum Gasteiger partial charge on any atom is -0.368 e. The second-order valence-corrected chi connectivity index (χ2v) is 6.79. The van der Waals surface area contributed by atoms with Crippen LogP contribution < -0.4 is 10.6 Å². The van der Waals surface area contributed by atoms with Crippen LogP contribution >= 0.6 is 0 Å². The lowest BCUT2D eigenvalue weighted by Gasteiger charge is -2.38. The van der Waals surface area contributed by atoms with Crippen molar-refractivity contribution in [3.63, 3.8) is 0 Å². The lowest BCUT2D eigenvalue weighted by molar-refractivity contribution is -0.147. The standard InChI is InChI=1S/C16H30N2O2/c1-12(2)13-5-4-6-14(11-13)18-15(19)16(20-3)7-9-17-10-8-16/h12-14,17H,4-11H2,1-3H3,(H,18,19). The zero-order valence-corrected chi connectivity index (χ0v) is 13.2. The molecule has 4 nitrogen and oxygen atoms in total. The highest BCUT2D eigenvalue weighted by molar-refractivity contribution is 5.85. The van der Waals surface area contributed by atoms with Gasteiger partial charge in [-0.05, 0) is 50.6 Å². The van der Waals surface area contributed by atoms with Gasteiger partial charge in [0.2, 0.25) is 0 Å². The molecule has 2 atom stereocenters. The maximum Gasteiger partial charge on any atom is 0.252 e. The third kappa shape index (κ3) is 3.53. The van der Waals surface area contributed by atoms with Gasteiger partial charge in [0.25, 0.3) is 5.91 Å². The first-order valence-electron chi connectivity index (χ1n) is 8.14. The number of hydrogen-bond donors (Lipinski definition) is 2. The van der Waals surface area contributed by atoms with Crippen molar-refractivity contribution in [1.29, 1.82) is 0 Å². The first-order chi connectivity index (χ1) is 9.57. The number of ether oxygens (including phenoxy) is 1. The van der Waals surface area contributed by atoms with E-state index in [1.165, 1.54) is 12.8 Å². The zero-order valence-electron chi connectivity index (χ0n) is 13.2. The van der Waals surface area contributed by atoms with Crippen LogP contribution in [-0.4, -0.2) is 37.7 Å². The van der Waals surface area contributed by atoms with Gasteiger partial charge in [-0.2, -0.15) is 0 Å². The lowest BCUT2D eigenvalue weighted by atomic mass is 9.79. The Morgan fingerprint density at radius 2 is 2.00 bits per heavy atom. The number of nitrogens with one attached hydrogen (secondary N) is 2. The van der Waals surface area contributed by atoms with Crippen molar-refractivity contribution < 1.29 is 9.53 Å². The molecule has 2 N–H and O–H groups in total. The van der Waals surface area contributed by atoms with Crippen molar-refractivity contribution in [1.82, 2.24) is 10.6 Å². The number of carbonyl (C=O) groups is 1. The van der Waals surface area contributed by atoms with Gasteiger partial charge in [-0.15, -0.1) is 0 Å². The fourth-order valence-electron chi connectivity index (χ4n) is 3.64. The van der Waals surface area contributed by atoms with E-state index >= 15 is 0 Å². The quantitative estimate of drug-likeness (QED) is 0.830. The molecular formula is C16H30N2O2. The summed E-state index contributed by atoms with van der Waals surface area (Å²) in [6, 6.07) is 0.338. The molecule has 1 amide bonds. The molecule has 0 spiro atoms. The molecule has 1 saturated heterocycles. The number of piperidine rings is 1. The molecule has 116 valence electrons. The van der Waals surface area contributed by atoms with E-state index in [0.717, 1.165) is 44.7 Å². The minimum absolute atomic E-state index is 0.107. The minimum atomic E-state index is -0.601. The Morgan fingerprint density at radius 1 is 1.30 bits per heavy atom. The fourth-order valence-corrected chi connectivity index (χ4v) is 3.64. The van der Waals surface area contributed by atoms with Crippen LogP contribution in [0.3, 0.4) is 0 Å². The number of amides is 1. The van der Waals surface area contributed by atoms with Crippen LogP contribution in [0.15, 0.2) is 0 Å². The highest BCUT2D eigenvalue weighted by Gasteiger charge is 2.40. The van der Waals surface area contributed by atoms with E-state index in [-0.39, 0.29) is 5.91 Å². The molecule has 0 radical (unpaired) electrons. The molecule has 2 unspecified atom stereocenters. The van der Waals surface area contributed by atoms with Gasteiger partial charge in [0, 0.05) is 13.2 Å². The Balaban J connectivity index is 1.92. The van der Waals surface area contributed by atoms with E-state index in [1.54, 1.807) is 7.11 Å². The molecule has 2 fully saturated rings. The summed E-state index contributed by atoms with van der Waals surface area (Å²) in [5, 5.41) is 6.57. The van der Waals surface area contributed by atoms with Gasteiger partial charge in [0.15, 0.2) is 0 Å². The number of carbonyl (C=O) groups excluding carboxylic acids is 1. The van der Waals surface area contributed by atoms with Gasteiger partial charge in [0.1, 0.15) is 5.60 Å². The van der Waals surface area contributed by atoms with Gasteiger partial charge in [-0.25, -0.2) is 0 Å². The van der Waals surface area contributed by atoms with Gasteiger partial charge in [0.05, 0.1) is 0 Å². The molecule has 0 aromatic heterocycles. The second kappa shape index (κ2) is 6.90. The summed E-state index contributed by atoms with van der Waals surface area (Å²) in [4.78, 5) is 12.6. The predicted octanol–water partition coefficient (Wildman–Crippen LogP) is 2.09. The van der Waals surface area contributed by atoms with E-state index in [9.17, 15) is 4.79 Å². The maximum absolute atomic E-state index is 12.6. The van der Waals surface area contributed by atoms with Crippen molar-refractivity contribution in [2.75, 3.05) is 20.2 Å². The molecule has 1 saturated carbocycles. The predicted molar refractivity (Wildman–Crippen MR) is 80.6 cm³/mol. The number of rotatable bonds is 4. The number of methoxy groups -OCH3 is 1. The zero-order chi connectivity index (χ0) is 14.6. The highest BCUT2D eigenvalue weighted by Crippen LogP contribution is 2.31. The summed E-state index contributed by atoms with van der Waals surface area (Å²) in [5.74, 6) is 1.57. The van der Waals surface area contributed by atoms with Crippen molar-refractivity contribution in [2.45, 2.75) is 64.0 Å². The molecule has 1 heterocycles. The molecule has 0 aromatic carbocycles. The van der Waals surface area contributed by atoms with E-state index in [4.69, 9.17) is 4.74 Å². The van der Waals surface area contributed by atoms with E-state index in [1.807, 2.05) is 0 Å². The van der Waals surface area contributed by atoms with Crippen LogP contribution in [0.25, 0.3) is 0 Å². The molecule has 0 aromatic rings. The normalized spacial score (nSPS) is 30.2. The summed E-state index contributed by atoms with van der Waals surface area (Å²) < 4.78 is 5.60. The topological polar surface area (TPSA) is 50.4 Å². The first kappa shape index (κ1) is 15.8. The van der Waals surface area contributed by atoms with Crippen LogP contribution in [0.1, 0.15) is 52.4 Å². The molecule has 20 heavy (non-hydrogen) atoms. The van der Waals surface area contributed by atoms with Crippen molar-refractivity contribution in [3.8, 4) is 0 Å². The first-order valence-corrected chi connectivity index (χ1v) is 8.14. The third-order valence-corrected chi connectivity index (χ3v) is 5.21. The van der Waals surface area contributed by atoms with Crippen molar-refractivity contribution >= 4 is 5.91 Å². The lowest BCUT2D eigenvalue weighted by Crippen LogP contribution is -2.56. The Bertz CT molecular complexity index is 324. The van der Waals surface area contributed by atoms with Gasteiger partial charge in [-0.1, -0.05) is 26.7 Å². The monoisotopic (exact) mass is 282 g/mol. The Hall–Kier alpha value is -0.610. The highest BCUT2D eigenvalue weighted by atomic mass is 16.5. The van der Waals surface area contributed by atoms with Crippen LogP contribution in [0.5, 0.6) is 0 Å². The third-order valence-electron chi connectivity index (χ3n) is 5.21. The summed E-state index contributed by atoms with van der Waals surface area (Å²) in [7, 11) is 1.67. The molecule has 4 heteroatoms. The molecule has 1 aliphatic carbocycles. The molecule has 1 aliphatic heterocycles. The van der Waals surface area contributed by atoms with Crippen LogP contribution in [0, 0.1) is 11.8 Å². The summed E-state index contributed by atoms with van der Waals surface area (Å²) >= 11 is 0. The average molecular weight is 282 g/mol. The summed E-state index contributed by atoms with van der Waals surface area (Å²) in [6.07, 6.45) is 6.33. The number of hydrogen-bond acceptors (Lipinski definition) is 3. The van der Waals surface area contributed by atoms with E-state index in [2.05, 4.69) is 24.5 Å². The van der Waals surface area contributed by atoms with Gasteiger partial charge >= 0.3 is 0 Å². The van der Waals surface area contributed by atoms with E-state index < -0.39 is 5.60 Å². The van der Waals surface area contributed by atoms with Gasteiger partial charge in [-0.3, -0.25) is 4.79 Å². The Morgan fingerprint density at radius 3 is 2.60 bits per heavy atom. The Kier molecular flexibility index (Phi) is 5.44. The van der Waals surface area contributed by atoms with Crippen LogP contribution in [0.4, 0.5) is 0 Å². The smallest absolute Gasteiger partial charge is 0.252 e.